The van der Waals surface area contributed by atoms with Crippen molar-refractivity contribution in [2.75, 3.05) is 6.61 Å². The van der Waals surface area contributed by atoms with Crippen molar-refractivity contribution >= 4 is 33.6 Å². The summed E-state index contributed by atoms with van der Waals surface area (Å²) in [7, 11) is 0. The lowest BCUT2D eigenvalue weighted by Gasteiger charge is -2.00. The van der Waals surface area contributed by atoms with E-state index in [1.165, 1.54) is 10.8 Å². The van der Waals surface area contributed by atoms with Crippen LogP contribution in [0.3, 0.4) is 0 Å². The molecule has 3 nitrogen and oxygen atoms in total. The molecule has 3 rings (SSSR count). The number of carbonyl (C=O) groups excluding carboxylic acids is 1. The Labute approximate surface area is 145 Å². The molecule has 3 aromatic rings. The Morgan fingerprint density at radius 2 is 1.96 bits per heavy atom. The van der Waals surface area contributed by atoms with E-state index in [2.05, 4.69) is 18.0 Å². The number of carbonyl (C=O) groups is 1. The van der Waals surface area contributed by atoms with Crippen molar-refractivity contribution in [1.82, 2.24) is 4.98 Å². The highest BCUT2D eigenvalue weighted by atomic mass is 32.1. The van der Waals surface area contributed by atoms with Gasteiger partial charge in [0.25, 0.3) is 0 Å². The highest BCUT2D eigenvalue weighted by Gasteiger charge is 2.05. The van der Waals surface area contributed by atoms with Gasteiger partial charge < -0.3 is 4.74 Å². The fraction of sp³-hybridized carbons (Fsp3) is 0.200. The number of hydrogen-bond acceptors (Lipinski definition) is 4. The summed E-state index contributed by atoms with van der Waals surface area (Å²) in [6.07, 6.45) is 5.17. The standard InChI is InChI=1S/C20H19NO2S/c1-2-3-14-23-19(22)13-10-15-8-11-16(12-9-15)20-21-17-6-4-5-7-18(17)24-20/h4-13H,2-3,14H2,1H3/b13-10+. The van der Waals surface area contributed by atoms with Gasteiger partial charge in [0, 0.05) is 11.6 Å². The molecule has 0 bridgehead atoms. The van der Waals surface area contributed by atoms with Crippen LogP contribution in [0.5, 0.6) is 0 Å². The van der Waals surface area contributed by atoms with Gasteiger partial charge in [0.1, 0.15) is 5.01 Å². The lowest BCUT2D eigenvalue weighted by molar-refractivity contribution is -0.137. The predicted molar refractivity (Wildman–Crippen MR) is 100.0 cm³/mol. The number of aromatic nitrogens is 1. The topological polar surface area (TPSA) is 39.2 Å². The lowest BCUT2D eigenvalue weighted by atomic mass is 10.1. The molecule has 0 aliphatic heterocycles. The summed E-state index contributed by atoms with van der Waals surface area (Å²) < 4.78 is 6.28. The number of hydrogen-bond donors (Lipinski definition) is 0. The third kappa shape index (κ3) is 4.09. The van der Waals surface area contributed by atoms with Gasteiger partial charge in [-0.25, -0.2) is 9.78 Å². The number of esters is 1. The first-order valence-electron chi connectivity index (χ1n) is 8.07. The Morgan fingerprint density at radius 3 is 2.71 bits per heavy atom. The molecule has 0 amide bonds. The molecular weight excluding hydrogens is 318 g/mol. The second-order valence-corrected chi connectivity index (χ2v) is 6.49. The molecule has 0 aliphatic rings. The van der Waals surface area contributed by atoms with E-state index in [0.29, 0.717) is 6.61 Å². The van der Waals surface area contributed by atoms with Crippen LogP contribution in [0.2, 0.25) is 0 Å². The molecule has 2 aromatic carbocycles. The van der Waals surface area contributed by atoms with Crippen LogP contribution in [0.4, 0.5) is 0 Å². The molecular formula is C20H19NO2S. The van der Waals surface area contributed by atoms with Crippen LogP contribution < -0.4 is 0 Å². The van der Waals surface area contributed by atoms with Crippen molar-refractivity contribution in [2.45, 2.75) is 19.8 Å². The van der Waals surface area contributed by atoms with E-state index in [0.717, 1.165) is 34.5 Å². The van der Waals surface area contributed by atoms with Gasteiger partial charge in [-0.1, -0.05) is 49.7 Å². The van der Waals surface area contributed by atoms with Crippen LogP contribution in [0, 0.1) is 0 Å². The summed E-state index contributed by atoms with van der Waals surface area (Å²) in [5.74, 6) is -0.293. The molecule has 0 aliphatic carbocycles. The first-order chi connectivity index (χ1) is 11.8. The van der Waals surface area contributed by atoms with Crippen molar-refractivity contribution in [3.8, 4) is 10.6 Å². The number of benzene rings is 2. The van der Waals surface area contributed by atoms with Gasteiger partial charge in [0.2, 0.25) is 0 Å². The summed E-state index contributed by atoms with van der Waals surface area (Å²) in [6.45, 7) is 2.55. The minimum absolute atomic E-state index is 0.293. The van der Waals surface area contributed by atoms with E-state index < -0.39 is 0 Å². The zero-order chi connectivity index (χ0) is 16.8. The smallest absolute Gasteiger partial charge is 0.330 e. The van der Waals surface area contributed by atoms with E-state index in [1.807, 2.05) is 42.5 Å². The summed E-state index contributed by atoms with van der Waals surface area (Å²) in [6, 6.07) is 16.2. The summed E-state index contributed by atoms with van der Waals surface area (Å²) in [5, 5.41) is 1.01. The van der Waals surface area contributed by atoms with Crippen LogP contribution in [-0.4, -0.2) is 17.6 Å². The average molecular weight is 337 g/mol. The van der Waals surface area contributed by atoms with E-state index in [4.69, 9.17) is 4.74 Å². The third-order valence-electron chi connectivity index (χ3n) is 3.61. The van der Waals surface area contributed by atoms with Gasteiger partial charge in [-0.3, -0.25) is 0 Å². The molecule has 0 spiro atoms. The quantitative estimate of drug-likeness (QED) is 0.347. The first-order valence-corrected chi connectivity index (χ1v) is 8.89. The van der Waals surface area contributed by atoms with Crippen molar-refractivity contribution in [3.63, 3.8) is 0 Å². The Hall–Kier alpha value is -2.46. The molecule has 1 aromatic heterocycles. The van der Waals surface area contributed by atoms with E-state index in [-0.39, 0.29) is 5.97 Å². The molecule has 0 radical (unpaired) electrons. The van der Waals surface area contributed by atoms with Gasteiger partial charge in [-0.15, -0.1) is 11.3 Å². The number of nitrogens with zero attached hydrogens (tertiary/aromatic N) is 1. The largest absolute Gasteiger partial charge is 0.463 e. The van der Waals surface area contributed by atoms with E-state index >= 15 is 0 Å². The number of unbranched alkanes of at least 4 members (excludes halogenated alkanes) is 1. The Balaban J connectivity index is 1.68. The molecule has 0 unspecified atom stereocenters. The minimum Gasteiger partial charge on any atom is -0.463 e. The van der Waals surface area contributed by atoms with Gasteiger partial charge >= 0.3 is 5.97 Å². The van der Waals surface area contributed by atoms with Crippen molar-refractivity contribution in [1.29, 1.82) is 0 Å². The molecule has 0 saturated carbocycles. The Morgan fingerprint density at radius 1 is 1.17 bits per heavy atom. The van der Waals surface area contributed by atoms with Crippen LogP contribution in [0.15, 0.2) is 54.6 Å². The predicted octanol–water partition coefficient (Wildman–Crippen LogP) is 5.32. The SMILES string of the molecule is CCCCOC(=O)/C=C/c1ccc(-c2nc3ccccc3s2)cc1. The number of rotatable bonds is 6. The average Bonchev–Trinajstić information content (AvgIpc) is 3.05. The van der Waals surface area contributed by atoms with E-state index in [9.17, 15) is 4.79 Å². The molecule has 122 valence electrons. The maximum absolute atomic E-state index is 11.6. The van der Waals surface area contributed by atoms with Gasteiger partial charge in [0.05, 0.1) is 16.8 Å². The molecule has 0 atom stereocenters. The molecule has 0 fully saturated rings. The molecule has 0 N–H and O–H groups in total. The third-order valence-corrected chi connectivity index (χ3v) is 4.69. The fourth-order valence-electron chi connectivity index (χ4n) is 2.26. The summed E-state index contributed by atoms with van der Waals surface area (Å²) in [4.78, 5) is 16.2. The van der Waals surface area contributed by atoms with Crippen LogP contribution >= 0.6 is 11.3 Å². The molecule has 0 saturated heterocycles. The van der Waals surface area contributed by atoms with Gasteiger partial charge in [-0.2, -0.15) is 0 Å². The lowest BCUT2D eigenvalue weighted by Crippen LogP contribution is -2.01. The number of para-hydroxylation sites is 1. The second-order valence-electron chi connectivity index (χ2n) is 5.46. The normalized spacial score (nSPS) is 11.2. The minimum atomic E-state index is -0.293. The maximum Gasteiger partial charge on any atom is 0.330 e. The van der Waals surface area contributed by atoms with Gasteiger partial charge in [-0.05, 0) is 30.2 Å². The van der Waals surface area contributed by atoms with Crippen LogP contribution in [0.1, 0.15) is 25.3 Å². The summed E-state index contributed by atoms with van der Waals surface area (Å²) >= 11 is 1.68. The van der Waals surface area contributed by atoms with Crippen molar-refractivity contribution < 1.29 is 9.53 Å². The van der Waals surface area contributed by atoms with Crippen LogP contribution in [0.25, 0.3) is 26.9 Å². The Kier molecular flexibility index (Phi) is 5.39. The molecule has 4 heteroatoms. The van der Waals surface area contributed by atoms with Crippen molar-refractivity contribution in [3.05, 3.63) is 60.2 Å². The van der Waals surface area contributed by atoms with Gasteiger partial charge in [0.15, 0.2) is 0 Å². The highest BCUT2D eigenvalue weighted by molar-refractivity contribution is 7.21. The first kappa shape index (κ1) is 16.4. The fourth-order valence-corrected chi connectivity index (χ4v) is 3.23. The highest BCUT2D eigenvalue weighted by Crippen LogP contribution is 2.30. The maximum atomic E-state index is 11.6. The second kappa shape index (κ2) is 7.88. The monoisotopic (exact) mass is 337 g/mol. The molecule has 1 heterocycles. The number of ether oxygens (including phenoxy) is 1. The Bertz CT molecular complexity index is 816. The van der Waals surface area contributed by atoms with Crippen LogP contribution in [-0.2, 0) is 9.53 Å². The number of thiazole rings is 1. The molecule has 24 heavy (non-hydrogen) atoms. The van der Waals surface area contributed by atoms with Crippen molar-refractivity contribution in [2.24, 2.45) is 0 Å². The van der Waals surface area contributed by atoms with E-state index in [1.54, 1.807) is 17.4 Å². The zero-order valence-corrected chi connectivity index (χ0v) is 14.4. The summed E-state index contributed by atoms with van der Waals surface area (Å²) in [5.41, 5.74) is 3.07. The number of fused-ring (bicyclic) bond motifs is 1. The zero-order valence-electron chi connectivity index (χ0n) is 13.6.